The summed E-state index contributed by atoms with van der Waals surface area (Å²) in [7, 11) is -3.77. The van der Waals surface area contributed by atoms with Gasteiger partial charge in [-0.15, -0.1) is 0 Å². The van der Waals surface area contributed by atoms with Crippen molar-refractivity contribution in [1.29, 1.82) is 0 Å². The lowest BCUT2D eigenvalue weighted by atomic mass is 10.3. The van der Waals surface area contributed by atoms with Crippen LogP contribution in [0.25, 0.3) is 0 Å². The molecule has 8 nitrogen and oxygen atoms in total. The Hall–Kier alpha value is -2.73. The summed E-state index contributed by atoms with van der Waals surface area (Å²) >= 11 is 0. The van der Waals surface area contributed by atoms with Crippen molar-refractivity contribution in [3.05, 3.63) is 42.2 Å². The summed E-state index contributed by atoms with van der Waals surface area (Å²) in [6, 6.07) is 6.54. The van der Waals surface area contributed by atoms with Gasteiger partial charge in [-0.05, 0) is 30.3 Å². The molecule has 0 aliphatic carbocycles. The van der Waals surface area contributed by atoms with Gasteiger partial charge < -0.3 is 10.2 Å². The van der Waals surface area contributed by atoms with Gasteiger partial charge in [0.05, 0.1) is 4.90 Å². The van der Waals surface area contributed by atoms with Crippen LogP contribution >= 0.6 is 0 Å². The average Bonchev–Trinajstić information content (AvgIpc) is 2.67. The van der Waals surface area contributed by atoms with Crippen LogP contribution in [0.1, 0.15) is 12.6 Å². The van der Waals surface area contributed by atoms with Gasteiger partial charge in [0.25, 0.3) is 0 Å². The smallest absolute Gasteiger partial charge is 0.338 e. The quantitative estimate of drug-likeness (QED) is 0.799. The molecule has 1 N–H and O–H groups in total. The van der Waals surface area contributed by atoms with Gasteiger partial charge in [-0.3, -0.25) is 4.79 Å². The number of hydrogen-bond acceptors (Lipinski definition) is 6. The molecule has 1 aliphatic rings. The first kappa shape index (κ1) is 21.0. The number of rotatable bonds is 4. The number of alkyl halides is 3. The first-order valence-electron chi connectivity index (χ1n) is 8.60. The third-order valence-electron chi connectivity index (χ3n) is 4.27. The number of amides is 1. The molecular weight excluding hydrogens is 411 g/mol. The van der Waals surface area contributed by atoms with Gasteiger partial charge in [0.15, 0.2) is 0 Å². The van der Waals surface area contributed by atoms with Crippen LogP contribution in [0.5, 0.6) is 0 Å². The van der Waals surface area contributed by atoms with Gasteiger partial charge in [-0.25, -0.2) is 18.4 Å². The van der Waals surface area contributed by atoms with Crippen molar-refractivity contribution >= 4 is 27.6 Å². The lowest BCUT2D eigenvalue weighted by Crippen LogP contribution is -2.49. The van der Waals surface area contributed by atoms with E-state index in [0.717, 1.165) is 12.3 Å². The van der Waals surface area contributed by atoms with E-state index >= 15 is 0 Å². The van der Waals surface area contributed by atoms with E-state index in [1.54, 1.807) is 0 Å². The summed E-state index contributed by atoms with van der Waals surface area (Å²) in [6.07, 6.45) is -3.54. The van der Waals surface area contributed by atoms with Crippen molar-refractivity contribution in [2.75, 3.05) is 36.4 Å². The maximum Gasteiger partial charge on any atom is 0.433 e. The van der Waals surface area contributed by atoms with Crippen LogP contribution < -0.4 is 10.2 Å². The fourth-order valence-corrected chi connectivity index (χ4v) is 4.27. The number of anilines is 2. The normalized spacial score (nSPS) is 15.9. The fourth-order valence-electron chi connectivity index (χ4n) is 2.85. The van der Waals surface area contributed by atoms with Gasteiger partial charge >= 0.3 is 6.18 Å². The summed E-state index contributed by atoms with van der Waals surface area (Å²) < 4.78 is 65.3. The van der Waals surface area contributed by atoms with E-state index < -0.39 is 21.9 Å². The summed E-state index contributed by atoms with van der Waals surface area (Å²) in [6.45, 7) is 1.82. The molecule has 2 aromatic rings. The molecule has 0 spiro atoms. The van der Waals surface area contributed by atoms with Crippen molar-refractivity contribution in [3.63, 3.8) is 0 Å². The SMILES string of the molecule is CC(=O)Nc1ccc(S(=O)(=O)N2CCN(c3nccc(C(F)(F)F)n3)CC2)cc1. The number of sulfonamides is 1. The number of aromatic nitrogens is 2. The maximum absolute atomic E-state index is 12.8. The van der Waals surface area contributed by atoms with E-state index in [4.69, 9.17) is 0 Å². The number of piperazine rings is 1. The zero-order valence-corrected chi connectivity index (χ0v) is 16.2. The van der Waals surface area contributed by atoms with Crippen LogP contribution in [0.2, 0.25) is 0 Å². The molecule has 156 valence electrons. The van der Waals surface area contributed by atoms with Crippen LogP contribution in [-0.2, 0) is 21.0 Å². The molecule has 1 amide bonds. The first-order chi connectivity index (χ1) is 13.6. The lowest BCUT2D eigenvalue weighted by Gasteiger charge is -2.34. The molecular formula is C17H18F3N5O3S. The van der Waals surface area contributed by atoms with Gasteiger partial charge in [-0.1, -0.05) is 0 Å². The van der Waals surface area contributed by atoms with Crippen LogP contribution in [-0.4, -0.2) is 54.8 Å². The molecule has 0 bridgehead atoms. The summed E-state index contributed by atoms with van der Waals surface area (Å²) in [5.74, 6) is -0.356. The van der Waals surface area contributed by atoms with Gasteiger partial charge in [0, 0.05) is 45.0 Å². The number of benzene rings is 1. The number of nitrogens with one attached hydrogen (secondary N) is 1. The fraction of sp³-hybridized carbons (Fsp3) is 0.353. The molecule has 1 aromatic heterocycles. The van der Waals surface area contributed by atoms with E-state index in [0.29, 0.717) is 5.69 Å². The van der Waals surface area contributed by atoms with E-state index in [-0.39, 0.29) is 42.9 Å². The first-order valence-corrected chi connectivity index (χ1v) is 10.0. The Morgan fingerprint density at radius 3 is 2.24 bits per heavy atom. The number of carbonyl (C=O) groups is 1. The van der Waals surface area contributed by atoms with Crippen molar-refractivity contribution in [2.24, 2.45) is 0 Å². The monoisotopic (exact) mass is 429 g/mol. The minimum Gasteiger partial charge on any atom is -0.338 e. The van der Waals surface area contributed by atoms with Crippen molar-refractivity contribution in [1.82, 2.24) is 14.3 Å². The molecule has 3 rings (SSSR count). The van der Waals surface area contributed by atoms with E-state index in [1.807, 2.05) is 0 Å². The topological polar surface area (TPSA) is 95.5 Å². The van der Waals surface area contributed by atoms with E-state index in [9.17, 15) is 26.4 Å². The highest BCUT2D eigenvalue weighted by molar-refractivity contribution is 7.89. The third-order valence-corrected chi connectivity index (χ3v) is 6.18. The Labute approximate surface area is 165 Å². The Morgan fingerprint density at radius 1 is 1.07 bits per heavy atom. The molecule has 0 unspecified atom stereocenters. The number of halogens is 3. The Bertz CT molecular complexity index is 988. The Balaban J connectivity index is 1.69. The largest absolute Gasteiger partial charge is 0.433 e. The molecule has 1 aliphatic heterocycles. The highest BCUT2D eigenvalue weighted by Crippen LogP contribution is 2.28. The maximum atomic E-state index is 12.8. The Kier molecular flexibility index (Phi) is 5.75. The number of nitrogens with zero attached hydrogens (tertiary/aromatic N) is 4. The zero-order chi connectivity index (χ0) is 21.2. The zero-order valence-electron chi connectivity index (χ0n) is 15.3. The van der Waals surface area contributed by atoms with Gasteiger partial charge in [-0.2, -0.15) is 17.5 Å². The summed E-state index contributed by atoms with van der Waals surface area (Å²) in [4.78, 5) is 20.0. The van der Waals surface area contributed by atoms with Crippen LogP contribution in [0.15, 0.2) is 41.4 Å². The highest BCUT2D eigenvalue weighted by atomic mass is 32.2. The predicted molar refractivity (Wildman–Crippen MR) is 98.8 cm³/mol. The van der Waals surface area contributed by atoms with Gasteiger partial charge in [0.1, 0.15) is 5.69 Å². The van der Waals surface area contributed by atoms with Crippen molar-refractivity contribution < 1.29 is 26.4 Å². The average molecular weight is 429 g/mol. The molecule has 1 fully saturated rings. The highest BCUT2D eigenvalue weighted by Gasteiger charge is 2.34. The van der Waals surface area contributed by atoms with Crippen LogP contribution in [0, 0.1) is 0 Å². The summed E-state index contributed by atoms with van der Waals surface area (Å²) in [5, 5.41) is 2.55. The molecule has 12 heteroatoms. The standard InChI is InChI=1S/C17H18F3N5O3S/c1-12(26)22-13-2-4-14(5-3-13)29(27,28)25-10-8-24(9-11-25)16-21-7-6-15(23-16)17(18,19)20/h2-7H,8-11H2,1H3,(H,22,26). The molecule has 2 heterocycles. The van der Waals surface area contributed by atoms with Crippen molar-refractivity contribution in [2.45, 2.75) is 18.0 Å². The molecule has 0 atom stereocenters. The third kappa shape index (κ3) is 4.82. The minimum atomic E-state index is -4.58. The van der Waals surface area contributed by atoms with E-state index in [2.05, 4.69) is 15.3 Å². The second-order valence-corrected chi connectivity index (χ2v) is 8.27. The van der Waals surface area contributed by atoms with Crippen LogP contribution in [0.4, 0.5) is 24.8 Å². The van der Waals surface area contributed by atoms with Crippen molar-refractivity contribution in [3.8, 4) is 0 Å². The molecule has 1 saturated heterocycles. The molecule has 0 saturated carbocycles. The molecule has 1 aromatic carbocycles. The number of carbonyl (C=O) groups excluding carboxylic acids is 1. The molecule has 0 radical (unpaired) electrons. The summed E-state index contributed by atoms with van der Waals surface area (Å²) in [5.41, 5.74) is -0.570. The predicted octanol–water partition coefficient (Wildman–Crippen LogP) is 1.96. The second kappa shape index (κ2) is 7.95. The number of hydrogen-bond donors (Lipinski definition) is 1. The van der Waals surface area contributed by atoms with Crippen LogP contribution in [0.3, 0.4) is 0 Å². The molecule has 29 heavy (non-hydrogen) atoms. The minimum absolute atomic E-state index is 0.0652. The Morgan fingerprint density at radius 2 is 1.69 bits per heavy atom. The van der Waals surface area contributed by atoms with Gasteiger partial charge in [0.2, 0.25) is 21.9 Å². The lowest BCUT2D eigenvalue weighted by molar-refractivity contribution is -0.141. The van der Waals surface area contributed by atoms with E-state index in [1.165, 1.54) is 40.4 Å². The second-order valence-electron chi connectivity index (χ2n) is 6.34.